The molecule has 0 N–H and O–H groups in total. The Morgan fingerprint density at radius 3 is 2.57 bits per heavy atom. The molecule has 1 aliphatic rings. The minimum atomic E-state index is -1.09. The normalized spacial score (nSPS) is 14.4. The molecule has 0 atom stereocenters. The average Bonchev–Trinajstić information content (AvgIpc) is 2.61. The molecule has 1 aliphatic carbocycles. The van der Waals surface area contributed by atoms with Gasteiger partial charge in [-0.15, -0.1) is 10.3 Å². The molecule has 0 radical (unpaired) electrons. The molecule has 0 spiro atoms. The second-order valence-electron chi connectivity index (χ2n) is 6.67. The Bertz CT molecular complexity index is 683. The third kappa shape index (κ3) is 6.42. The van der Waals surface area contributed by atoms with Crippen LogP contribution in [0, 0.1) is 17.6 Å². The van der Waals surface area contributed by atoms with Crippen LogP contribution in [-0.2, 0) is 14.4 Å². The highest BCUT2D eigenvalue weighted by Gasteiger charge is 2.28. The number of nitrogens with zero attached hydrogens (tertiary/aromatic N) is 3. The van der Waals surface area contributed by atoms with Crippen molar-refractivity contribution in [3.63, 3.8) is 0 Å². The molecular weight excluding hydrogens is 372 g/mol. The molecule has 1 fully saturated rings. The Morgan fingerprint density at radius 2 is 1.93 bits per heavy atom. The molecule has 0 saturated heterocycles. The summed E-state index contributed by atoms with van der Waals surface area (Å²) >= 11 is 0. The summed E-state index contributed by atoms with van der Waals surface area (Å²) < 4.78 is 38.7. The lowest BCUT2D eigenvalue weighted by atomic mass is 9.86. The summed E-state index contributed by atoms with van der Waals surface area (Å²) in [4.78, 5) is 18.7. The van der Waals surface area contributed by atoms with Gasteiger partial charge in [0.25, 0.3) is 0 Å². The first-order chi connectivity index (χ1) is 13.4. The summed E-state index contributed by atoms with van der Waals surface area (Å²) in [5, 5.41) is 4.76. The fourth-order valence-electron chi connectivity index (χ4n) is 2.44. The Labute approximate surface area is 163 Å². The van der Waals surface area contributed by atoms with Crippen LogP contribution in [0.3, 0.4) is 0 Å². The smallest absolute Gasteiger partial charge is 0.337 e. The van der Waals surface area contributed by atoms with Crippen LogP contribution in [0.5, 0.6) is 5.75 Å². The van der Waals surface area contributed by atoms with Crippen molar-refractivity contribution < 1.29 is 27.9 Å². The van der Waals surface area contributed by atoms with Gasteiger partial charge in [-0.25, -0.2) is 9.18 Å². The number of halogens is 2. The van der Waals surface area contributed by atoms with Gasteiger partial charge in [-0.05, 0) is 32.0 Å². The summed E-state index contributed by atoms with van der Waals surface area (Å²) in [5.41, 5.74) is -0.0754. The van der Waals surface area contributed by atoms with Gasteiger partial charge in [0, 0.05) is 25.8 Å². The zero-order valence-corrected chi connectivity index (χ0v) is 16.5. The quantitative estimate of drug-likeness (QED) is 0.421. The summed E-state index contributed by atoms with van der Waals surface area (Å²) in [7, 11) is 4.91. The summed E-state index contributed by atoms with van der Waals surface area (Å²) in [6.45, 7) is 2.05. The maximum Gasteiger partial charge on any atom is 0.337 e. The molecular formula is C19H27F2N3O4. The van der Waals surface area contributed by atoms with E-state index in [1.54, 1.807) is 7.11 Å². The highest BCUT2D eigenvalue weighted by Crippen LogP contribution is 2.27. The number of likely N-dealkylation sites (N-methyl/N-ethyl adjacent to an activating group) is 1. The van der Waals surface area contributed by atoms with Gasteiger partial charge in [-0.3, -0.25) is 0 Å². The highest BCUT2D eigenvalue weighted by molar-refractivity contribution is 5.80. The Morgan fingerprint density at radius 1 is 1.21 bits per heavy atom. The number of carbonyl (C=O) groups is 1. The monoisotopic (exact) mass is 399 g/mol. The first kappa shape index (κ1) is 22.0. The first-order valence-electron chi connectivity index (χ1n) is 9.20. The third-order valence-electron chi connectivity index (χ3n) is 4.50. The number of hydrogen-bond donors (Lipinski definition) is 0. The molecule has 2 rings (SSSR count). The zero-order valence-electron chi connectivity index (χ0n) is 16.5. The number of hydrogen-bond acceptors (Lipinski definition) is 7. The van der Waals surface area contributed by atoms with Gasteiger partial charge in [0.15, 0.2) is 11.6 Å². The maximum atomic E-state index is 14.2. The Hall–Kier alpha value is -2.26. The predicted octanol–water partition coefficient (Wildman–Crippen LogP) is 2.45. The molecule has 0 aromatic heterocycles. The molecule has 1 saturated carbocycles. The van der Waals surface area contributed by atoms with Crippen LogP contribution in [0.15, 0.2) is 17.2 Å². The van der Waals surface area contributed by atoms with Gasteiger partial charge in [0.2, 0.25) is 5.82 Å². The topological polar surface area (TPSA) is 63.6 Å². The van der Waals surface area contributed by atoms with Crippen molar-refractivity contribution in [3.8, 4) is 5.75 Å². The lowest BCUT2D eigenvalue weighted by molar-refractivity contribution is -0.192. The molecule has 1 aromatic carbocycles. The van der Waals surface area contributed by atoms with Gasteiger partial charge in [0.1, 0.15) is 6.61 Å². The van der Waals surface area contributed by atoms with Crippen molar-refractivity contribution in [2.24, 2.45) is 11.0 Å². The van der Waals surface area contributed by atoms with Gasteiger partial charge < -0.3 is 19.2 Å². The minimum Gasteiger partial charge on any atom is -0.489 e. The second kappa shape index (κ2) is 10.9. The van der Waals surface area contributed by atoms with Crippen molar-refractivity contribution in [1.29, 1.82) is 0 Å². The third-order valence-corrected chi connectivity index (χ3v) is 4.50. The molecule has 0 amide bonds. The van der Waals surface area contributed by atoms with Crippen LogP contribution in [0.2, 0.25) is 0 Å². The first-order valence-corrected chi connectivity index (χ1v) is 9.20. The van der Waals surface area contributed by atoms with E-state index < -0.39 is 11.6 Å². The van der Waals surface area contributed by atoms with Gasteiger partial charge in [-0.2, -0.15) is 4.39 Å². The molecule has 0 aliphatic heterocycles. The minimum absolute atomic E-state index is 0.0754. The number of benzene rings is 1. The molecule has 1 aromatic rings. The standard InChI is InChI=1S/C19H27F2N3O4/c1-23(9-11-26-3)10-12-27-16-8-7-15(17(20)18(16)21)13-22-24(2)28-19(25)14-5-4-6-14/h7-8,13-14H,4-6,9-12H2,1-3H3/b22-13+. The number of carbonyl (C=O) groups excluding carboxylic acids is 1. The van der Waals surface area contributed by atoms with Crippen LogP contribution in [0.1, 0.15) is 24.8 Å². The van der Waals surface area contributed by atoms with E-state index in [0.29, 0.717) is 19.7 Å². The average molecular weight is 399 g/mol. The Kier molecular flexibility index (Phi) is 8.59. The molecule has 7 nitrogen and oxygen atoms in total. The highest BCUT2D eigenvalue weighted by atomic mass is 19.2. The summed E-state index contributed by atoms with van der Waals surface area (Å²) in [6, 6.07) is 2.70. The molecule has 0 unspecified atom stereocenters. The van der Waals surface area contributed by atoms with E-state index in [-0.39, 0.29) is 29.8 Å². The van der Waals surface area contributed by atoms with Crippen LogP contribution in [0.25, 0.3) is 0 Å². The van der Waals surface area contributed by atoms with Gasteiger partial charge in [0.05, 0.1) is 25.8 Å². The van der Waals surface area contributed by atoms with E-state index in [1.165, 1.54) is 19.2 Å². The molecule has 28 heavy (non-hydrogen) atoms. The fraction of sp³-hybridized carbons (Fsp3) is 0.579. The lowest BCUT2D eigenvalue weighted by Gasteiger charge is -2.24. The zero-order chi connectivity index (χ0) is 20.5. The van der Waals surface area contributed by atoms with Crippen molar-refractivity contribution in [3.05, 3.63) is 29.3 Å². The molecule has 0 heterocycles. The number of hydrazone groups is 1. The summed E-state index contributed by atoms with van der Waals surface area (Å²) in [6.07, 6.45) is 3.71. The van der Waals surface area contributed by atoms with Gasteiger partial charge >= 0.3 is 5.97 Å². The van der Waals surface area contributed by atoms with E-state index in [0.717, 1.165) is 30.6 Å². The number of rotatable bonds is 11. The van der Waals surface area contributed by atoms with E-state index >= 15 is 0 Å². The number of hydroxylamine groups is 1. The molecule has 0 bridgehead atoms. The van der Waals surface area contributed by atoms with Crippen LogP contribution < -0.4 is 4.74 Å². The van der Waals surface area contributed by atoms with Crippen molar-refractivity contribution in [2.45, 2.75) is 19.3 Å². The van der Waals surface area contributed by atoms with Crippen molar-refractivity contribution in [2.75, 3.05) is 47.5 Å². The van der Waals surface area contributed by atoms with Crippen molar-refractivity contribution >= 4 is 12.2 Å². The SMILES string of the molecule is COCCN(C)CCOc1ccc(/C=N/N(C)OC(=O)C2CCC2)c(F)c1F. The number of ether oxygens (including phenoxy) is 2. The Balaban J connectivity index is 1.87. The van der Waals surface area contributed by atoms with Gasteiger partial charge in [-0.1, -0.05) is 6.42 Å². The predicted molar refractivity (Wildman–Crippen MR) is 100 cm³/mol. The van der Waals surface area contributed by atoms with E-state index in [1.807, 2.05) is 11.9 Å². The van der Waals surface area contributed by atoms with E-state index in [9.17, 15) is 13.6 Å². The van der Waals surface area contributed by atoms with Crippen molar-refractivity contribution in [1.82, 2.24) is 10.1 Å². The molecule has 9 heteroatoms. The maximum absolute atomic E-state index is 14.2. The van der Waals surface area contributed by atoms with Crippen LogP contribution >= 0.6 is 0 Å². The largest absolute Gasteiger partial charge is 0.489 e. The van der Waals surface area contributed by atoms with E-state index in [4.69, 9.17) is 14.3 Å². The fourth-order valence-corrected chi connectivity index (χ4v) is 2.44. The van der Waals surface area contributed by atoms with E-state index in [2.05, 4.69) is 5.10 Å². The molecule has 156 valence electrons. The second-order valence-corrected chi connectivity index (χ2v) is 6.67. The summed E-state index contributed by atoms with van der Waals surface area (Å²) in [5.74, 6) is -2.79. The van der Waals surface area contributed by atoms with Crippen LogP contribution in [0.4, 0.5) is 8.78 Å². The lowest BCUT2D eigenvalue weighted by Crippen LogP contribution is -2.28. The number of methoxy groups -OCH3 is 1. The van der Waals surface area contributed by atoms with Crippen LogP contribution in [-0.4, -0.2) is 69.8 Å².